The Balaban J connectivity index is 0.00000208. The van der Waals surface area contributed by atoms with E-state index in [0.717, 1.165) is 30.9 Å². The largest absolute Gasteiger partial charge is 0.355 e. The van der Waals surface area contributed by atoms with E-state index in [4.69, 9.17) is 0 Å². The van der Waals surface area contributed by atoms with Gasteiger partial charge >= 0.3 is 0 Å². The van der Waals surface area contributed by atoms with Gasteiger partial charge in [0.2, 0.25) is 0 Å². The van der Waals surface area contributed by atoms with E-state index in [-0.39, 0.29) is 35.2 Å². The molecule has 130 valence electrons. The summed E-state index contributed by atoms with van der Waals surface area (Å²) in [4.78, 5) is 6.45. The highest BCUT2D eigenvalue weighted by Crippen LogP contribution is 2.48. The lowest BCUT2D eigenvalue weighted by molar-refractivity contribution is 0.468. The van der Waals surface area contributed by atoms with Gasteiger partial charge in [-0.15, -0.1) is 24.0 Å². The summed E-state index contributed by atoms with van der Waals surface area (Å²) in [6, 6.07) is 9.23. The van der Waals surface area contributed by atoms with Gasteiger partial charge in [-0.3, -0.25) is 4.99 Å². The third-order valence-electron chi connectivity index (χ3n) is 4.46. The molecule has 1 aromatic carbocycles. The second-order valence-electron chi connectivity index (χ2n) is 6.15. The zero-order valence-electron chi connectivity index (χ0n) is 14.0. The lowest BCUT2D eigenvalue weighted by atomic mass is 9.95. The number of thiophene rings is 1. The van der Waals surface area contributed by atoms with Gasteiger partial charge in [0.05, 0.1) is 0 Å². The van der Waals surface area contributed by atoms with Gasteiger partial charge in [-0.25, -0.2) is 4.39 Å². The van der Waals surface area contributed by atoms with Crippen molar-refractivity contribution in [3.8, 4) is 0 Å². The topological polar surface area (TPSA) is 27.6 Å². The molecule has 0 radical (unpaired) electrons. The van der Waals surface area contributed by atoms with Crippen molar-refractivity contribution in [1.29, 1.82) is 0 Å². The molecule has 0 unspecified atom stereocenters. The minimum atomic E-state index is -0.103. The summed E-state index contributed by atoms with van der Waals surface area (Å²) in [6.45, 7) is 1.53. The van der Waals surface area contributed by atoms with Gasteiger partial charge in [0.1, 0.15) is 5.82 Å². The summed E-state index contributed by atoms with van der Waals surface area (Å²) in [5.74, 6) is 0.743. The van der Waals surface area contributed by atoms with Gasteiger partial charge in [-0.2, -0.15) is 11.3 Å². The Morgan fingerprint density at radius 1 is 1.33 bits per heavy atom. The van der Waals surface area contributed by atoms with Crippen LogP contribution in [0.2, 0.25) is 0 Å². The average Bonchev–Trinajstić information content (AvgIpc) is 3.16. The Morgan fingerprint density at radius 2 is 2.08 bits per heavy atom. The van der Waals surface area contributed by atoms with Gasteiger partial charge in [-0.1, -0.05) is 18.2 Å². The zero-order valence-corrected chi connectivity index (χ0v) is 17.1. The van der Waals surface area contributed by atoms with E-state index >= 15 is 0 Å². The molecule has 3 rings (SSSR count). The summed E-state index contributed by atoms with van der Waals surface area (Å²) in [5, 5.41) is 7.65. The van der Waals surface area contributed by atoms with Crippen LogP contribution in [0.15, 0.2) is 46.1 Å². The summed E-state index contributed by atoms with van der Waals surface area (Å²) in [7, 11) is 3.81. The molecule has 0 saturated heterocycles. The first kappa shape index (κ1) is 19.2. The van der Waals surface area contributed by atoms with Crippen LogP contribution >= 0.6 is 35.3 Å². The van der Waals surface area contributed by atoms with Crippen LogP contribution in [0, 0.1) is 5.82 Å². The van der Waals surface area contributed by atoms with Crippen LogP contribution < -0.4 is 5.32 Å². The molecule has 0 spiro atoms. The number of nitrogens with zero attached hydrogens (tertiary/aromatic N) is 2. The van der Waals surface area contributed by atoms with Crippen molar-refractivity contribution in [3.05, 3.63) is 58.0 Å². The summed E-state index contributed by atoms with van der Waals surface area (Å²) in [5.41, 5.74) is 2.02. The first-order chi connectivity index (χ1) is 11.1. The molecule has 1 saturated carbocycles. The minimum absolute atomic E-state index is 0. The molecular formula is C18H23FIN3S. The van der Waals surface area contributed by atoms with Gasteiger partial charge in [0.25, 0.3) is 0 Å². The van der Waals surface area contributed by atoms with E-state index in [1.54, 1.807) is 30.5 Å². The molecule has 1 aliphatic rings. The van der Waals surface area contributed by atoms with Crippen LogP contribution in [0.25, 0.3) is 0 Å². The maximum absolute atomic E-state index is 14.1. The van der Waals surface area contributed by atoms with E-state index in [1.807, 2.05) is 19.2 Å². The molecule has 1 aromatic heterocycles. The molecule has 1 aliphatic carbocycles. The third-order valence-corrected chi connectivity index (χ3v) is 5.19. The van der Waals surface area contributed by atoms with Crippen LogP contribution in [-0.2, 0) is 12.0 Å². The van der Waals surface area contributed by atoms with Crippen LogP contribution in [-0.4, -0.2) is 31.5 Å². The molecule has 0 atom stereocenters. The van der Waals surface area contributed by atoms with E-state index in [1.165, 1.54) is 5.56 Å². The average molecular weight is 459 g/mol. The summed E-state index contributed by atoms with van der Waals surface area (Å²) < 4.78 is 14.1. The number of hydrogen-bond acceptors (Lipinski definition) is 2. The number of halogens is 2. The van der Waals surface area contributed by atoms with Crippen LogP contribution in [0.1, 0.15) is 24.0 Å². The Kier molecular flexibility index (Phi) is 6.62. The summed E-state index contributed by atoms with van der Waals surface area (Å²) in [6.07, 6.45) is 2.04. The van der Waals surface area contributed by atoms with Crippen molar-refractivity contribution in [3.63, 3.8) is 0 Å². The maximum atomic E-state index is 14.1. The molecule has 1 N–H and O–H groups in total. The second kappa shape index (κ2) is 8.29. The highest BCUT2D eigenvalue weighted by molar-refractivity contribution is 14.0. The molecule has 1 heterocycles. The number of aliphatic imine (C=N–C) groups is 1. The first-order valence-corrected chi connectivity index (χ1v) is 8.77. The molecule has 0 bridgehead atoms. The molecule has 3 nitrogen and oxygen atoms in total. The predicted octanol–water partition coefficient (Wildman–Crippen LogP) is 4.24. The highest BCUT2D eigenvalue weighted by Gasteiger charge is 2.45. The Morgan fingerprint density at radius 3 is 2.67 bits per heavy atom. The lowest BCUT2D eigenvalue weighted by Crippen LogP contribution is -2.42. The standard InChI is InChI=1S/C18H22FN3S.HI/c1-20-17(22(2)11-14-7-10-23-12-14)21-13-18(8-9-18)15-5-3-4-6-16(15)19;/h3-7,10,12H,8-9,11,13H2,1-2H3,(H,20,21);1H. The van der Waals surface area contributed by atoms with Gasteiger partial charge < -0.3 is 10.2 Å². The van der Waals surface area contributed by atoms with Crippen molar-refractivity contribution in [2.24, 2.45) is 4.99 Å². The Labute approximate surface area is 164 Å². The van der Waals surface area contributed by atoms with Crippen molar-refractivity contribution < 1.29 is 4.39 Å². The van der Waals surface area contributed by atoms with Crippen molar-refractivity contribution >= 4 is 41.3 Å². The van der Waals surface area contributed by atoms with Crippen LogP contribution in [0.4, 0.5) is 4.39 Å². The number of rotatable bonds is 5. The number of nitrogens with one attached hydrogen (secondary N) is 1. The van der Waals surface area contributed by atoms with Gasteiger partial charge in [0, 0.05) is 32.6 Å². The number of benzene rings is 1. The second-order valence-corrected chi connectivity index (χ2v) is 6.93. The molecule has 1 fully saturated rings. The molecule has 0 amide bonds. The fourth-order valence-corrected chi connectivity index (χ4v) is 3.61. The van der Waals surface area contributed by atoms with Crippen LogP contribution in [0.5, 0.6) is 0 Å². The minimum Gasteiger partial charge on any atom is -0.355 e. The lowest BCUT2D eigenvalue weighted by Gasteiger charge is -2.24. The van der Waals surface area contributed by atoms with E-state index in [9.17, 15) is 4.39 Å². The van der Waals surface area contributed by atoms with E-state index in [2.05, 4.69) is 32.0 Å². The van der Waals surface area contributed by atoms with Gasteiger partial charge in [-0.05, 0) is 46.9 Å². The fraction of sp³-hybridized carbons (Fsp3) is 0.389. The molecule has 2 aromatic rings. The molecule has 24 heavy (non-hydrogen) atoms. The highest BCUT2D eigenvalue weighted by atomic mass is 127. The van der Waals surface area contributed by atoms with E-state index in [0.29, 0.717) is 6.54 Å². The predicted molar refractivity (Wildman–Crippen MR) is 110 cm³/mol. The fourth-order valence-electron chi connectivity index (χ4n) is 2.95. The molecule has 0 aliphatic heterocycles. The van der Waals surface area contributed by atoms with Gasteiger partial charge in [0.15, 0.2) is 5.96 Å². The third kappa shape index (κ3) is 4.27. The zero-order chi connectivity index (χ0) is 16.3. The number of guanidine groups is 1. The van der Waals surface area contributed by atoms with Crippen molar-refractivity contribution in [2.75, 3.05) is 20.6 Å². The Bertz CT molecular complexity index is 683. The number of hydrogen-bond donors (Lipinski definition) is 1. The maximum Gasteiger partial charge on any atom is 0.193 e. The SMILES string of the molecule is CN=C(NCC1(c2ccccc2F)CC1)N(C)Cc1ccsc1.I. The Hall–Kier alpha value is -1.15. The molecule has 6 heteroatoms. The van der Waals surface area contributed by atoms with E-state index < -0.39 is 0 Å². The normalized spacial score (nSPS) is 15.5. The smallest absolute Gasteiger partial charge is 0.193 e. The summed E-state index contributed by atoms with van der Waals surface area (Å²) >= 11 is 1.70. The van der Waals surface area contributed by atoms with Crippen molar-refractivity contribution in [1.82, 2.24) is 10.2 Å². The molecular weight excluding hydrogens is 436 g/mol. The first-order valence-electron chi connectivity index (χ1n) is 7.82. The van der Waals surface area contributed by atoms with Crippen LogP contribution in [0.3, 0.4) is 0 Å². The quantitative estimate of drug-likeness (QED) is 0.412. The van der Waals surface area contributed by atoms with Crippen molar-refractivity contribution in [2.45, 2.75) is 24.8 Å². The monoisotopic (exact) mass is 459 g/mol.